The Balaban J connectivity index is 1.71. The molecule has 0 radical (unpaired) electrons. The van der Waals surface area contributed by atoms with Crippen LogP contribution in [0.2, 0.25) is 0 Å². The van der Waals surface area contributed by atoms with E-state index in [1.54, 1.807) is 24.7 Å². The maximum absolute atomic E-state index is 13.6. The zero-order valence-corrected chi connectivity index (χ0v) is 22.9. The third kappa shape index (κ3) is 6.00. The van der Waals surface area contributed by atoms with E-state index in [1.807, 2.05) is 43.3 Å². The normalized spacial score (nSPS) is 13.4. The molecule has 0 unspecified atom stereocenters. The van der Waals surface area contributed by atoms with Crippen molar-refractivity contribution in [2.45, 2.75) is 45.4 Å². The zero-order valence-electron chi connectivity index (χ0n) is 20.5. The van der Waals surface area contributed by atoms with E-state index >= 15 is 0 Å². The van der Waals surface area contributed by atoms with Crippen LogP contribution in [0.15, 0.2) is 45.9 Å². The van der Waals surface area contributed by atoms with Crippen LogP contribution in [0.4, 0.5) is 10.7 Å². The summed E-state index contributed by atoms with van der Waals surface area (Å²) in [5.41, 5.74) is 4.50. The molecule has 1 aliphatic carbocycles. The number of ether oxygens (including phenoxy) is 2. The van der Waals surface area contributed by atoms with Gasteiger partial charge < -0.3 is 14.8 Å². The second-order valence-electron chi connectivity index (χ2n) is 8.65. The van der Waals surface area contributed by atoms with Gasteiger partial charge in [-0.05, 0) is 83.4 Å². The summed E-state index contributed by atoms with van der Waals surface area (Å²) in [7, 11) is 1.58. The maximum atomic E-state index is 13.6. The number of halogens is 1. The van der Waals surface area contributed by atoms with Crippen molar-refractivity contribution in [3.8, 4) is 23.8 Å². The Hall–Kier alpha value is -3.08. The molecule has 0 fully saturated rings. The topological polar surface area (TPSA) is 59.9 Å². The van der Waals surface area contributed by atoms with E-state index in [4.69, 9.17) is 20.9 Å². The number of thiophene rings is 1. The monoisotopic (exact) mass is 564 g/mol. The average molecular weight is 566 g/mol. The lowest BCUT2D eigenvalue weighted by Crippen LogP contribution is -2.15. The van der Waals surface area contributed by atoms with E-state index in [9.17, 15) is 4.79 Å². The van der Waals surface area contributed by atoms with Gasteiger partial charge in [-0.1, -0.05) is 37.0 Å². The molecular formula is C29H29BrN2O3S. The van der Waals surface area contributed by atoms with Gasteiger partial charge in [0.15, 0.2) is 11.5 Å². The van der Waals surface area contributed by atoms with Crippen LogP contribution in [0.25, 0.3) is 0 Å². The molecule has 186 valence electrons. The van der Waals surface area contributed by atoms with E-state index in [-0.39, 0.29) is 12.5 Å². The average Bonchev–Trinajstić information content (AvgIpc) is 3.19. The number of rotatable bonds is 7. The maximum Gasteiger partial charge on any atom is 0.259 e. The molecular weight excluding hydrogens is 536 g/mol. The van der Waals surface area contributed by atoms with Crippen LogP contribution in [0.3, 0.4) is 0 Å². The van der Waals surface area contributed by atoms with Crippen LogP contribution < -0.4 is 14.8 Å². The Bertz CT molecular complexity index is 1320. The van der Waals surface area contributed by atoms with E-state index in [0.717, 1.165) is 57.5 Å². The van der Waals surface area contributed by atoms with E-state index < -0.39 is 0 Å². The molecule has 4 rings (SSSR count). The van der Waals surface area contributed by atoms with Gasteiger partial charge in [0.1, 0.15) is 11.6 Å². The number of aryl methyl sites for hydroxylation is 2. The second kappa shape index (κ2) is 12.2. The Morgan fingerprint density at radius 2 is 2.00 bits per heavy atom. The van der Waals surface area contributed by atoms with Crippen LogP contribution in [-0.4, -0.2) is 25.8 Å². The SMILES string of the molecule is C#CCOc1c(Br)cc(C=Nc2sc3c(c2C(=O)Nc2ccccc2C)CCCCCC3)cc1OC. The highest BCUT2D eigenvalue weighted by Crippen LogP contribution is 2.40. The lowest BCUT2D eigenvalue weighted by atomic mass is 9.96. The van der Waals surface area contributed by atoms with Crippen LogP contribution in [0.5, 0.6) is 11.5 Å². The van der Waals surface area contributed by atoms with Gasteiger partial charge in [-0.3, -0.25) is 4.79 Å². The third-order valence-corrected chi connectivity index (χ3v) is 7.94. The molecule has 1 amide bonds. The van der Waals surface area contributed by atoms with Gasteiger partial charge in [0, 0.05) is 16.8 Å². The summed E-state index contributed by atoms with van der Waals surface area (Å²) in [4.78, 5) is 19.7. The summed E-state index contributed by atoms with van der Waals surface area (Å²) >= 11 is 5.17. The molecule has 1 aromatic heterocycles. The van der Waals surface area contributed by atoms with Crippen molar-refractivity contribution in [3.05, 3.63) is 68.0 Å². The predicted molar refractivity (Wildman–Crippen MR) is 152 cm³/mol. The first-order valence-electron chi connectivity index (χ1n) is 12.0. The molecule has 1 aliphatic rings. The summed E-state index contributed by atoms with van der Waals surface area (Å²) in [6.07, 6.45) is 13.6. The van der Waals surface area contributed by atoms with Crippen LogP contribution in [-0.2, 0) is 12.8 Å². The van der Waals surface area contributed by atoms with Crippen molar-refractivity contribution in [2.75, 3.05) is 19.0 Å². The Labute approximate surface area is 225 Å². The smallest absolute Gasteiger partial charge is 0.259 e. The van der Waals surface area contributed by atoms with Crippen molar-refractivity contribution in [2.24, 2.45) is 4.99 Å². The van der Waals surface area contributed by atoms with Gasteiger partial charge in [-0.15, -0.1) is 17.8 Å². The molecule has 36 heavy (non-hydrogen) atoms. The molecule has 0 saturated heterocycles. The molecule has 0 saturated carbocycles. The fraction of sp³-hybridized carbons (Fsp3) is 0.310. The van der Waals surface area contributed by atoms with Gasteiger partial charge in [0.2, 0.25) is 0 Å². The number of anilines is 1. The lowest BCUT2D eigenvalue weighted by molar-refractivity contribution is 0.102. The Morgan fingerprint density at radius 1 is 1.22 bits per heavy atom. The van der Waals surface area contributed by atoms with Crippen molar-refractivity contribution < 1.29 is 14.3 Å². The van der Waals surface area contributed by atoms with Crippen molar-refractivity contribution in [1.29, 1.82) is 0 Å². The molecule has 1 N–H and O–H groups in total. The summed E-state index contributed by atoms with van der Waals surface area (Å²) < 4.78 is 11.8. The number of benzene rings is 2. The molecule has 0 atom stereocenters. The van der Waals surface area contributed by atoms with Crippen LogP contribution >= 0.6 is 27.3 Å². The number of terminal acetylenes is 1. The number of nitrogens with zero attached hydrogens (tertiary/aromatic N) is 1. The number of methoxy groups -OCH3 is 1. The molecule has 1 heterocycles. The molecule has 0 spiro atoms. The Morgan fingerprint density at radius 3 is 2.75 bits per heavy atom. The van der Waals surface area contributed by atoms with Crippen molar-refractivity contribution >= 4 is 50.1 Å². The molecule has 3 aromatic rings. The largest absolute Gasteiger partial charge is 0.493 e. The van der Waals surface area contributed by atoms with Crippen LogP contribution in [0, 0.1) is 19.3 Å². The molecule has 0 bridgehead atoms. The molecule has 5 nitrogen and oxygen atoms in total. The number of hydrogen-bond acceptors (Lipinski definition) is 5. The summed E-state index contributed by atoms with van der Waals surface area (Å²) in [6.45, 7) is 2.14. The lowest BCUT2D eigenvalue weighted by Gasteiger charge is -2.13. The third-order valence-electron chi connectivity index (χ3n) is 6.16. The van der Waals surface area contributed by atoms with E-state index in [0.29, 0.717) is 17.1 Å². The van der Waals surface area contributed by atoms with Gasteiger partial charge >= 0.3 is 0 Å². The summed E-state index contributed by atoms with van der Waals surface area (Å²) in [5, 5.41) is 3.86. The van der Waals surface area contributed by atoms with E-state index in [1.165, 1.54) is 17.7 Å². The predicted octanol–water partition coefficient (Wildman–Crippen LogP) is 7.50. The van der Waals surface area contributed by atoms with Crippen molar-refractivity contribution in [3.63, 3.8) is 0 Å². The highest BCUT2D eigenvalue weighted by Gasteiger charge is 2.24. The van der Waals surface area contributed by atoms with Gasteiger partial charge in [-0.2, -0.15) is 0 Å². The minimum absolute atomic E-state index is 0.105. The minimum Gasteiger partial charge on any atom is -0.493 e. The van der Waals surface area contributed by atoms with Gasteiger partial charge in [0.25, 0.3) is 5.91 Å². The van der Waals surface area contributed by atoms with Gasteiger partial charge in [-0.25, -0.2) is 4.99 Å². The Kier molecular flexibility index (Phi) is 8.84. The van der Waals surface area contributed by atoms with Crippen LogP contribution in [0.1, 0.15) is 57.6 Å². The highest BCUT2D eigenvalue weighted by molar-refractivity contribution is 9.10. The van der Waals surface area contributed by atoms with Crippen molar-refractivity contribution in [1.82, 2.24) is 0 Å². The number of para-hydroxylation sites is 1. The number of aliphatic imine (C=N–C) groups is 1. The number of nitrogens with one attached hydrogen (secondary N) is 1. The first kappa shape index (κ1) is 26.0. The number of amides is 1. The first-order chi connectivity index (χ1) is 17.5. The van der Waals surface area contributed by atoms with E-state index in [2.05, 4.69) is 27.2 Å². The summed E-state index contributed by atoms with van der Waals surface area (Å²) in [6, 6.07) is 11.6. The molecule has 7 heteroatoms. The number of hydrogen-bond donors (Lipinski definition) is 1. The molecule has 0 aliphatic heterocycles. The number of carbonyl (C=O) groups is 1. The quantitative estimate of drug-likeness (QED) is 0.238. The first-order valence-corrected chi connectivity index (χ1v) is 13.6. The molecule has 2 aromatic carbocycles. The zero-order chi connectivity index (χ0) is 25.5. The fourth-order valence-electron chi connectivity index (χ4n) is 4.33. The highest BCUT2D eigenvalue weighted by atomic mass is 79.9. The standard InChI is InChI=1S/C29H29BrN2O3S/c1-4-15-35-27-22(30)16-20(17-24(27)34-3)18-31-29-26(21-12-7-5-6-8-14-25(21)36-29)28(33)32-23-13-10-9-11-19(23)2/h1,9-11,13,16-18H,5-8,12,14-15H2,2-3H3,(H,32,33). The fourth-order valence-corrected chi connectivity index (χ4v) is 6.13. The van der Waals surface area contributed by atoms with Gasteiger partial charge in [0.05, 0.1) is 17.1 Å². The number of fused-ring (bicyclic) bond motifs is 1. The minimum atomic E-state index is -0.105. The second-order valence-corrected chi connectivity index (χ2v) is 10.6. The summed E-state index contributed by atoms with van der Waals surface area (Å²) in [5.74, 6) is 3.46. The number of carbonyl (C=O) groups excluding carboxylic acids is 1.